The van der Waals surface area contributed by atoms with E-state index in [0.29, 0.717) is 19.0 Å². The van der Waals surface area contributed by atoms with Gasteiger partial charge in [-0.2, -0.15) is 0 Å². The molecule has 0 radical (unpaired) electrons. The predicted octanol–water partition coefficient (Wildman–Crippen LogP) is 0.438. The molecule has 6 nitrogen and oxygen atoms in total. The van der Waals surface area contributed by atoms with Crippen LogP contribution in [0.15, 0.2) is 23.2 Å². The molecule has 0 aliphatic rings. The van der Waals surface area contributed by atoms with Crippen LogP contribution >= 0.6 is 0 Å². The lowest BCUT2D eigenvalue weighted by Crippen LogP contribution is -2.27. The van der Waals surface area contributed by atoms with Crippen molar-refractivity contribution in [3.8, 4) is 0 Å². The second-order valence-corrected chi connectivity index (χ2v) is 5.06. The molecule has 17 heavy (non-hydrogen) atoms. The fourth-order valence-corrected chi connectivity index (χ4v) is 2.24. The van der Waals surface area contributed by atoms with Gasteiger partial charge in [-0.05, 0) is 13.0 Å². The van der Waals surface area contributed by atoms with Crippen molar-refractivity contribution in [3.05, 3.63) is 18.3 Å². The topological polar surface area (TPSA) is 80.3 Å². The van der Waals surface area contributed by atoms with Gasteiger partial charge in [-0.1, -0.05) is 0 Å². The first kappa shape index (κ1) is 13.9. The van der Waals surface area contributed by atoms with Crippen molar-refractivity contribution in [1.29, 1.82) is 0 Å². The molecule has 2 N–H and O–H groups in total. The fourth-order valence-electron chi connectivity index (χ4n) is 1.22. The summed E-state index contributed by atoms with van der Waals surface area (Å²) >= 11 is 0. The number of pyridine rings is 1. The van der Waals surface area contributed by atoms with Crippen LogP contribution < -0.4 is 10.0 Å². The molecule has 1 heterocycles. The summed E-state index contributed by atoms with van der Waals surface area (Å²) in [6.07, 6.45) is 1.46. The zero-order valence-electron chi connectivity index (χ0n) is 9.93. The minimum atomic E-state index is -3.48. The molecule has 0 bridgehead atoms. The van der Waals surface area contributed by atoms with E-state index in [1.165, 1.54) is 25.4 Å². The van der Waals surface area contributed by atoms with Crippen LogP contribution in [-0.2, 0) is 14.8 Å². The van der Waals surface area contributed by atoms with Crippen LogP contribution in [0.2, 0.25) is 0 Å². The maximum Gasteiger partial charge on any atom is 0.240 e. The number of anilines is 1. The van der Waals surface area contributed by atoms with Crippen molar-refractivity contribution in [3.63, 3.8) is 0 Å². The summed E-state index contributed by atoms with van der Waals surface area (Å²) in [6, 6.07) is 2.95. The van der Waals surface area contributed by atoms with Gasteiger partial charge in [-0.3, -0.25) is 0 Å². The molecule has 0 aliphatic carbocycles. The molecule has 0 aromatic carbocycles. The highest BCUT2D eigenvalue weighted by Crippen LogP contribution is 2.11. The van der Waals surface area contributed by atoms with Crippen LogP contribution in [0.3, 0.4) is 0 Å². The van der Waals surface area contributed by atoms with E-state index >= 15 is 0 Å². The SMILES string of the molecule is CCNc1cc(S(=O)(=O)NCCOC)ccn1. The minimum absolute atomic E-state index is 0.194. The van der Waals surface area contributed by atoms with E-state index in [-0.39, 0.29) is 11.4 Å². The third kappa shape index (κ3) is 4.29. The largest absolute Gasteiger partial charge is 0.383 e. The number of nitrogens with one attached hydrogen (secondary N) is 2. The normalized spacial score (nSPS) is 11.4. The summed E-state index contributed by atoms with van der Waals surface area (Å²) < 4.78 is 30.9. The average molecular weight is 259 g/mol. The van der Waals surface area contributed by atoms with E-state index in [9.17, 15) is 8.42 Å². The lowest BCUT2D eigenvalue weighted by Gasteiger charge is -2.08. The van der Waals surface area contributed by atoms with Crippen molar-refractivity contribution in [1.82, 2.24) is 9.71 Å². The van der Waals surface area contributed by atoms with Crippen LogP contribution in [0.25, 0.3) is 0 Å². The first-order chi connectivity index (χ1) is 8.10. The molecule has 0 saturated heterocycles. The number of rotatable bonds is 7. The van der Waals surface area contributed by atoms with Gasteiger partial charge in [0.15, 0.2) is 0 Å². The van der Waals surface area contributed by atoms with Crippen molar-refractivity contribution in [2.24, 2.45) is 0 Å². The Morgan fingerprint density at radius 3 is 2.88 bits per heavy atom. The summed E-state index contributed by atoms with van der Waals surface area (Å²) in [5.41, 5.74) is 0. The number of hydrogen-bond donors (Lipinski definition) is 2. The Morgan fingerprint density at radius 1 is 1.47 bits per heavy atom. The monoisotopic (exact) mass is 259 g/mol. The average Bonchev–Trinajstić information content (AvgIpc) is 2.30. The van der Waals surface area contributed by atoms with E-state index in [1.807, 2.05) is 6.92 Å². The molecule has 0 spiro atoms. The molecule has 0 amide bonds. The zero-order chi connectivity index (χ0) is 12.7. The Hall–Kier alpha value is -1.18. The van der Waals surface area contributed by atoms with Gasteiger partial charge in [-0.15, -0.1) is 0 Å². The molecule has 1 aromatic rings. The van der Waals surface area contributed by atoms with Gasteiger partial charge in [0, 0.05) is 32.5 Å². The van der Waals surface area contributed by atoms with Crippen LogP contribution in [0.4, 0.5) is 5.82 Å². The fraction of sp³-hybridized carbons (Fsp3) is 0.500. The second kappa shape index (κ2) is 6.53. The summed E-state index contributed by atoms with van der Waals surface area (Å²) in [7, 11) is -1.97. The maximum atomic E-state index is 11.8. The highest BCUT2D eigenvalue weighted by atomic mass is 32.2. The Kier molecular flexibility index (Phi) is 5.33. The number of nitrogens with zero attached hydrogens (tertiary/aromatic N) is 1. The molecule has 0 unspecified atom stereocenters. The van der Waals surface area contributed by atoms with Crippen molar-refractivity contribution < 1.29 is 13.2 Å². The van der Waals surface area contributed by atoms with Crippen LogP contribution in [0, 0.1) is 0 Å². The van der Waals surface area contributed by atoms with Gasteiger partial charge in [0.05, 0.1) is 11.5 Å². The maximum absolute atomic E-state index is 11.8. The Labute approximate surface area is 101 Å². The smallest absolute Gasteiger partial charge is 0.240 e. The number of ether oxygens (including phenoxy) is 1. The number of hydrogen-bond acceptors (Lipinski definition) is 5. The molecule has 0 atom stereocenters. The Morgan fingerprint density at radius 2 is 2.24 bits per heavy atom. The van der Waals surface area contributed by atoms with E-state index in [2.05, 4.69) is 15.0 Å². The highest BCUT2D eigenvalue weighted by molar-refractivity contribution is 7.89. The molecule has 7 heteroatoms. The summed E-state index contributed by atoms with van der Waals surface area (Å²) in [5.74, 6) is 0.544. The van der Waals surface area contributed by atoms with Gasteiger partial charge in [0.25, 0.3) is 0 Å². The Balaban J connectivity index is 2.79. The van der Waals surface area contributed by atoms with Gasteiger partial charge in [-0.25, -0.2) is 18.1 Å². The zero-order valence-corrected chi connectivity index (χ0v) is 10.8. The van der Waals surface area contributed by atoms with E-state index in [0.717, 1.165) is 0 Å². The van der Waals surface area contributed by atoms with Crippen LogP contribution in [0.5, 0.6) is 0 Å². The van der Waals surface area contributed by atoms with Gasteiger partial charge < -0.3 is 10.1 Å². The van der Waals surface area contributed by atoms with Crippen molar-refractivity contribution >= 4 is 15.8 Å². The van der Waals surface area contributed by atoms with Crippen molar-refractivity contribution in [2.75, 3.05) is 32.1 Å². The molecule has 1 rings (SSSR count). The number of aromatic nitrogens is 1. The van der Waals surface area contributed by atoms with Gasteiger partial charge >= 0.3 is 0 Å². The highest BCUT2D eigenvalue weighted by Gasteiger charge is 2.13. The standard InChI is InChI=1S/C10H17N3O3S/c1-3-11-10-8-9(4-5-12-10)17(14,15)13-6-7-16-2/h4-5,8,13H,3,6-7H2,1-2H3,(H,11,12). The first-order valence-corrected chi connectivity index (χ1v) is 6.77. The quantitative estimate of drug-likeness (QED) is 0.694. The lowest BCUT2D eigenvalue weighted by atomic mass is 10.4. The summed E-state index contributed by atoms with van der Waals surface area (Å²) in [6.45, 7) is 3.19. The first-order valence-electron chi connectivity index (χ1n) is 5.28. The van der Waals surface area contributed by atoms with Gasteiger partial charge in [0.1, 0.15) is 5.82 Å². The summed E-state index contributed by atoms with van der Waals surface area (Å²) in [4.78, 5) is 4.21. The summed E-state index contributed by atoms with van der Waals surface area (Å²) in [5, 5.41) is 2.96. The van der Waals surface area contributed by atoms with E-state index in [4.69, 9.17) is 4.74 Å². The third-order valence-electron chi connectivity index (χ3n) is 2.00. The molecular formula is C10H17N3O3S. The Bertz CT molecular complexity index is 448. The molecule has 0 saturated carbocycles. The van der Waals surface area contributed by atoms with Crippen LogP contribution in [0.1, 0.15) is 6.92 Å². The van der Waals surface area contributed by atoms with Crippen LogP contribution in [-0.4, -0.2) is 40.2 Å². The van der Waals surface area contributed by atoms with Crippen molar-refractivity contribution in [2.45, 2.75) is 11.8 Å². The molecule has 0 aliphatic heterocycles. The van der Waals surface area contributed by atoms with E-state index in [1.54, 1.807) is 0 Å². The predicted molar refractivity (Wildman–Crippen MR) is 65.5 cm³/mol. The lowest BCUT2D eigenvalue weighted by molar-refractivity contribution is 0.204. The number of methoxy groups -OCH3 is 1. The number of sulfonamides is 1. The minimum Gasteiger partial charge on any atom is -0.383 e. The molecule has 0 fully saturated rings. The van der Waals surface area contributed by atoms with E-state index < -0.39 is 10.0 Å². The molecule has 1 aromatic heterocycles. The molecule has 96 valence electrons. The molecular weight excluding hydrogens is 242 g/mol. The third-order valence-corrected chi connectivity index (χ3v) is 3.46. The second-order valence-electron chi connectivity index (χ2n) is 3.30. The van der Waals surface area contributed by atoms with Gasteiger partial charge in [0.2, 0.25) is 10.0 Å².